The van der Waals surface area contributed by atoms with Crippen LogP contribution in [-0.4, -0.2) is 27.2 Å². The smallest absolute Gasteiger partial charge is 0.338 e. The summed E-state index contributed by atoms with van der Waals surface area (Å²) in [6, 6.07) is 3.21. The molecule has 0 unspecified atom stereocenters. The summed E-state index contributed by atoms with van der Waals surface area (Å²) in [7, 11) is 0. The molecule has 2 aromatic rings. The number of pyridine rings is 1. The SMILES string of the molecule is C#Cc1nnc2cc(C(=O)OCC)ccn12. The summed E-state index contributed by atoms with van der Waals surface area (Å²) < 4.78 is 6.50. The predicted molar refractivity (Wildman–Crippen MR) is 56.9 cm³/mol. The van der Waals surface area contributed by atoms with Crippen LogP contribution in [0.1, 0.15) is 23.1 Å². The quantitative estimate of drug-likeness (QED) is 0.551. The number of rotatable bonds is 2. The van der Waals surface area contributed by atoms with Crippen LogP contribution in [0.3, 0.4) is 0 Å². The average Bonchev–Trinajstić information content (AvgIpc) is 2.71. The van der Waals surface area contributed by atoms with Crippen molar-refractivity contribution in [2.75, 3.05) is 6.61 Å². The lowest BCUT2D eigenvalue weighted by Crippen LogP contribution is -2.05. The van der Waals surface area contributed by atoms with Crippen LogP contribution in [0.4, 0.5) is 0 Å². The Labute approximate surface area is 92.1 Å². The van der Waals surface area contributed by atoms with Crippen molar-refractivity contribution in [1.29, 1.82) is 0 Å². The van der Waals surface area contributed by atoms with E-state index in [1.165, 1.54) is 0 Å². The first-order valence-corrected chi connectivity index (χ1v) is 4.74. The number of aromatic nitrogens is 3. The number of fused-ring (bicyclic) bond motifs is 1. The van der Waals surface area contributed by atoms with Gasteiger partial charge < -0.3 is 4.74 Å². The topological polar surface area (TPSA) is 56.5 Å². The summed E-state index contributed by atoms with van der Waals surface area (Å²) >= 11 is 0. The molecular weight excluding hydrogens is 206 g/mol. The van der Waals surface area contributed by atoms with Crippen LogP contribution in [0, 0.1) is 12.3 Å². The van der Waals surface area contributed by atoms with Crippen LogP contribution >= 0.6 is 0 Å². The van der Waals surface area contributed by atoms with Crippen molar-refractivity contribution in [2.45, 2.75) is 6.92 Å². The van der Waals surface area contributed by atoms with Crippen LogP contribution in [0.25, 0.3) is 5.65 Å². The fourth-order valence-electron chi connectivity index (χ4n) is 1.33. The number of hydrogen-bond donors (Lipinski definition) is 0. The lowest BCUT2D eigenvalue weighted by atomic mass is 10.2. The van der Waals surface area contributed by atoms with Gasteiger partial charge in [-0.1, -0.05) is 0 Å². The highest BCUT2D eigenvalue weighted by atomic mass is 16.5. The highest BCUT2D eigenvalue weighted by Gasteiger charge is 2.09. The number of terminal acetylenes is 1. The molecule has 0 aromatic carbocycles. The zero-order valence-electron chi connectivity index (χ0n) is 8.67. The van der Waals surface area contributed by atoms with Crippen LogP contribution in [0.15, 0.2) is 18.3 Å². The molecule has 0 amide bonds. The van der Waals surface area contributed by atoms with Crippen molar-refractivity contribution in [3.63, 3.8) is 0 Å². The van der Waals surface area contributed by atoms with Crippen molar-refractivity contribution in [3.8, 4) is 12.3 Å². The Hall–Kier alpha value is -2.35. The molecule has 0 saturated carbocycles. The summed E-state index contributed by atoms with van der Waals surface area (Å²) in [6.45, 7) is 2.09. The third-order valence-electron chi connectivity index (χ3n) is 2.05. The molecule has 5 heteroatoms. The van der Waals surface area contributed by atoms with Crippen molar-refractivity contribution in [3.05, 3.63) is 29.7 Å². The minimum absolute atomic E-state index is 0.340. The summed E-state index contributed by atoms with van der Waals surface area (Å²) in [4.78, 5) is 11.4. The first-order valence-electron chi connectivity index (χ1n) is 4.74. The van der Waals surface area contributed by atoms with E-state index in [4.69, 9.17) is 11.2 Å². The van der Waals surface area contributed by atoms with Gasteiger partial charge in [-0.15, -0.1) is 16.6 Å². The number of ether oxygens (including phenoxy) is 1. The van der Waals surface area contributed by atoms with Gasteiger partial charge in [0, 0.05) is 6.20 Å². The fourth-order valence-corrected chi connectivity index (χ4v) is 1.33. The molecule has 0 atom stereocenters. The van der Waals surface area contributed by atoms with Crippen molar-refractivity contribution in [2.24, 2.45) is 0 Å². The summed E-state index contributed by atoms with van der Waals surface area (Å²) in [5.74, 6) is 2.43. The molecule has 0 aliphatic rings. The second-order valence-electron chi connectivity index (χ2n) is 3.03. The maximum atomic E-state index is 11.4. The van der Waals surface area contributed by atoms with E-state index in [1.54, 1.807) is 29.7 Å². The Morgan fingerprint density at radius 3 is 3.12 bits per heavy atom. The van der Waals surface area contributed by atoms with Gasteiger partial charge in [-0.3, -0.25) is 4.40 Å². The maximum Gasteiger partial charge on any atom is 0.338 e. The van der Waals surface area contributed by atoms with Crippen LogP contribution in [-0.2, 0) is 4.74 Å². The van der Waals surface area contributed by atoms with E-state index < -0.39 is 0 Å². The molecule has 5 nitrogen and oxygen atoms in total. The Morgan fingerprint density at radius 1 is 1.62 bits per heavy atom. The lowest BCUT2D eigenvalue weighted by molar-refractivity contribution is 0.0526. The molecule has 0 fully saturated rings. The van der Waals surface area contributed by atoms with Crippen molar-refractivity contribution < 1.29 is 9.53 Å². The minimum atomic E-state index is -0.379. The monoisotopic (exact) mass is 215 g/mol. The highest BCUT2D eigenvalue weighted by molar-refractivity contribution is 5.90. The van der Waals surface area contributed by atoms with E-state index in [0.29, 0.717) is 23.6 Å². The lowest BCUT2D eigenvalue weighted by Gasteiger charge is -2.01. The minimum Gasteiger partial charge on any atom is -0.462 e. The number of hydrogen-bond acceptors (Lipinski definition) is 4. The molecule has 2 heterocycles. The molecule has 0 N–H and O–H groups in total. The standard InChI is InChI=1S/C11H9N3O2/c1-3-9-12-13-10-7-8(5-6-14(9)10)11(15)16-4-2/h1,5-7H,4H2,2H3. The van der Waals surface area contributed by atoms with Crippen molar-refractivity contribution in [1.82, 2.24) is 14.6 Å². The molecule has 0 aliphatic carbocycles. The number of carbonyl (C=O) groups is 1. The summed E-state index contributed by atoms with van der Waals surface area (Å²) in [5.41, 5.74) is 0.962. The van der Waals surface area contributed by atoms with Gasteiger partial charge in [0.05, 0.1) is 12.2 Å². The second kappa shape index (κ2) is 4.03. The van der Waals surface area contributed by atoms with E-state index >= 15 is 0 Å². The van der Waals surface area contributed by atoms with Gasteiger partial charge >= 0.3 is 5.97 Å². The Morgan fingerprint density at radius 2 is 2.44 bits per heavy atom. The van der Waals surface area contributed by atoms with Crippen molar-refractivity contribution >= 4 is 11.6 Å². The van der Waals surface area contributed by atoms with Gasteiger partial charge in [-0.05, 0) is 25.0 Å². The molecule has 80 valence electrons. The fraction of sp³-hybridized carbons (Fsp3) is 0.182. The predicted octanol–water partition coefficient (Wildman–Crippen LogP) is 0.887. The average molecular weight is 215 g/mol. The zero-order chi connectivity index (χ0) is 11.5. The third kappa shape index (κ3) is 1.61. The van der Waals surface area contributed by atoms with Gasteiger partial charge in [0.25, 0.3) is 0 Å². The van der Waals surface area contributed by atoms with E-state index in [2.05, 4.69) is 16.1 Å². The Bertz CT molecular complexity index is 580. The molecule has 0 saturated heterocycles. The Balaban J connectivity index is 2.46. The van der Waals surface area contributed by atoms with Gasteiger partial charge in [0.1, 0.15) is 0 Å². The van der Waals surface area contributed by atoms with Crippen LogP contribution in [0.5, 0.6) is 0 Å². The molecule has 0 radical (unpaired) electrons. The third-order valence-corrected chi connectivity index (χ3v) is 2.05. The molecule has 16 heavy (non-hydrogen) atoms. The van der Waals surface area contributed by atoms with Gasteiger partial charge in [-0.25, -0.2) is 4.79 Å². The van der Waals surface area contributed by atoms with E-state index in [9.17, 15) is 4.79 Å². The van der Waals surface area contributed by atoms with Gasteiger partial charge in [0.15, 0.2) is 5.65 Å². The maximum absolute atomic E-state index is 11.4. The summed E-state index contributed by atoms with van der Waals surface area (Å²) in [6.07, 6.45) is 6.89. The van der Waals surface area contributed by atoms with Gasteiger partial charge in [0.2, 0.25) is 5.82 Å². The first kappa shape index (κ1) is 10.2. The molecular formula is C11H9N3O2. The second-order valence-corrected chi connectivity index (χ2v) is 3.03. The molecule has 0 spiro atoms. The van der Waals surface area contributed by atoms with E-state index in [1.807, 2.05) is 0 Å². The molecule has 2 aromatic heterocycles. The highest BCUT2D eigenvalue weighted by Crippen LogP contribution is 2.08. The number of carbonyl (C=O) groups excluding carboxylic acids is 1. The zero-order valence-corrected chi connectivity index (χ0v) is 8.67. The first-order chi connectivity index (χ1) is 7.76. The van der Waals surface area contributed by atoms with Gasteiger partial charge in [-0.2, -0.15) is 0 Å². The van der Waals surface area contributed by atoms with Crippen LogP contribution < -0.4 is 0 Å². The Kier molecular flexibility index (Phi) is 2.56. The molecule has 0 aliphatic heterocycles. The largest absolute Gasteiger partial charge is 0.462 e. The van der Waals surface area contributed by atoms with E-state index in [-0.39, 0.29) is 5.97 Å². The van der Waals surface area contributed by atoms with Crippen LogP contribution in [0.2, 0.25) is 0 Å². The summed E-state index contributed by atoms with van der Waals surface area (Å²) in [5, 5.41) is 7.64. The van der Waals surface area contributed by atoms with E-state index in [0.717, 1.165) is 0 Å². The molecule has 2 rings (SSSR count). The number of esters is 1. The molecule has 0 bridgehead atoms. The number of nitrogens with zero attached hydrogens (tertiary/aromatic N) is 3. The normalized spacial score (nSPS) is 10.0.